The van der Waals surface area contributed by atoms with Crippen LogP contribution < -0.4 is 0 Å². The number of fused-ring (bicyclic) bond motifs is 1. The van der Waals surface area contributed by atoms with Gasteiger partial charge in [-0.2, -0.15) is 22.0 Å². The average Bonchev–Trinajstić information content (AvgIpc) is 2.81. The fourth-order valence-electron chi connectivity index (χ4n) is 1.80. The lowest BCUT2D eigenvalue weighted by molar-refractivity contribution is -0.280. The summed E-state index contributed by atoms with van der Waals surface area (Å²) in [5, 5.41) is 0.788. The Morgan fingerprint density at radius 1 is 1.14 bits per heavy atom. The van der Waals surface area contributed by atoms with Gasteiger partial charge < -0.3 is 9.72 Å². The first-order valence-corrected chi connectivity index (χ1v) is 5.90. The number of esters is 1. The first-order chi connectivity index (χ1) is 9.73. The van der Waals surface area contributed by atoms with Crippen molar-refractivity contribution in [2.45, 2.75) is 18.5 Å². The quantitative estimate of drug-likeness (QED) is 0.694. The SMILES string of the molecule is O=C(OCCc1c[nH]c2ccccc12)C(F)(F)C(F)(F)F. The lowest BCUT2D eigenvalue weighted by Gasteiger charge is -2.17. The first-order valence-electron chi connectivity index (χ1n) is 5.90. The number of aromatic amines is 1. The van der Waals surface area contributed by atoms with Crippen molar-refractivity contribution < 1.29 is 31.5 Å². The molecule has 0 aliphatic heterocycles. The molecular weight excluding hydrogens is 297 g/mol. The van der Waals surface area contributed by atoms with Crippen molar-refractivity contribution in [3.05, 3.63) is 36.0 Å². The zero-order chi connectivity index (χ0) is 15.7. The molecule has 2 rings (SSSR count). The second-order valence-electron chi connectivity index (χ2n) is 4.32. The molecule has 0 spiro atoms. The maximum Gasteiger partial charge on any atom is 0.465 e. The Morgan fingerprint density at radius 3 is 2.48 bits per heavy atom. The maximum absolute atomic E-state index is 12.6. The van der Waals surface area contributed by atoms with Gasteiger partial charge in [-0.3, -0.25) is 0 Å². The van der Waals surface area contributed by atoms with Crippen LogP contribution in [0.1, 0.15) is 5.56 Å². The molecule has 21 heavy (non-hydrogen) atoms. The summed E-state index contributed by atoms with van der Waals surface area (Å²) < 4.78 is 65.1. The molecule has 0 radical (unpaired) electrons. The largest absolute Gasteiger partial charge is 0.465 e. The zero-order valence-electron chi connectivity index (χ0n) is 10.5. The second-order valence-corrected chi connectivity index (χ2v) is 4.32. The van der Waals surface area contributed by atoms with Crippen LogP contribution in [-0.2, 0) is 16.0 Å². The molecule has 0 unspecified atom stereocenters. The van der Waals surface area contributed by atoms with E-state index in [0.717, 1.165) is 10.9 Å². The number of carbonyl (C=O) groups is 1. The number of para-hydroxylation sites is 1. The van der Waals surface area contributed by atoms with Crippen molar-refractivity contribution in [1.29, 1.82) is 0 Å². The van der Waals surface area contributed by atoms with Crippen LogP contribution in [0.2, 0.25) is 0 Å². The smallest absolute Gasteiger partial charge is 0.461 e. The van der Waals surface area contributed by atoms with Crippen molar-refractivity contribution in [3.8, 4) is 0 Å². The van der Waals surface area contributed by atoms with Crippen molar-refractivity contribution in [2.75, 3.05) is 6.61 Å². The fourth-order valence-corrected chi connectivity index (χ4v) is 1.80. The van der Waals surface area contributed by atoms with Gasteiger partial charge in [0, 0.05) is 23.5 Å². The van der Waals surface area contributed by atoms with Gasteiger partial charge in [0.05, 0.1) is 6.61 Å². The van der Waals surface area contributed by atoms with Crippen LogP contribution >= 0.6 is 0 Å². The Hall–Kier alpha value is -2.12. The Balaban J connectivity index is 1.97. The highest BCUT2D eigenvalue weighted by Crippen LogP contribution is 2.36. The third-order valence-electron chi connectivity index (χ3n) is 2.89. The predicted octanol–water partition coefficient (Wildman–Crippen LogP) is 3.45. The molecule has 0 amide bonds. The molecule has 0 atom stereocenters. The number of benzene rings is 1. The van der Waals surface area contributed by atoms with Crippen LogP contribution in [-0.4, -0.2) is 29.7 Å². The molecule has 0 aliphatic rings. The molecule has 0 fully saturated rings. The third kappa shape index (κ3) is 2.98. The molecule has 1 N–H and O–H groups in total. The van der Waals surface area contributed by atoms with E-state index in [9.17, 15) is 26.7 Å². The number of nitrogens with one attached hydrogen (secondary N) is 1. The minimum absolute atomic E-state index is 0.0314. The lowest BCUT2D eigenvalue weighted by Crippen LogP contribution is -2.45. The van der Waals surface area contributed by atoms with Gasteiger partial charge in [-0.1, -0.05) is 18.2 Å². The van der Waals surface area contributed by atoms with E-state index in [1.807, 2.05) is 0 Å². The summed E-state index contributed by atoms with van der Waals surface area (Å²) >= 11 is 0. The highest BCUT2D eigenvalue weighted by Gasteiger charge is 2.64. The highest BCUT2D eigenvalue weighted by atomic mass is 19.4. The van der Waals surface area contributed by atoms with E-state index in [1.165, 1.54) is 0 Å². The number of ether oxygens (including phenoxy) is 1. The summed E-state index contributed by atoms with van der Waals surface area (Å²) in [5.74, 6) is -8.08. The number of hydrogen-bond donors (Lipinski definition) is 1. The number of rotatable bonds is 4. The van der Waals surface area contributed by atoms with Crippen molar-refractivity contribution in [3.63, 3.8) is 0 Å². The van der Waals surface area contributed by atoms with Crippen LogP contribution in [0.15, 0.2) is 30.5 Å². The molecule has 0 bridgehead atoms. The van der Waals surface area contributed by atoms with Gasteiger partial charge >= 0.3 is 18.1 Å². The minimum atomic E-state index is -5.95. The van der Waals surface area contributed by atoms with E-state index in [4.69, 9.17) is 0 Å². The number of aromatic nitrogens is 1. The van der Waals surface area contributed by atoms with E-state index in [1.54, 1.807) is 30.5 Å². The summed E-state index contributed by atoms with van der Waals surface area (Å²) in [6, 6.07) is 7.08. The molecule has 0 saturated carbocycles. The van der Waals surface area contributed by atoms with Gasteiger partial charge in [0.2, 0.25) is 0 Å². The molecule has 0 aliphatic carbocycles. The molecular formula is C13H10F5NO2. The standard InChI is InChI=1S/C13H10F5NO2/c14-12(15,13(16,17)18)11(20)21-6-5-8-7-19-10-4-2-1-3-9(8)10/h1-4,7,19H,5-6H2. The van der Waals surface area contributed by atoms with E-state index >= 15 is 0 Å². The topological polar surface area (TPSA) is 42.1 Å². The maximum atomic E-state index is 12.6. The summed E-state index contributed by atoms with van der Waals surface area (Å²) in [6.45, 7) is -0.563. The molecule has 1 aromatic carbocycles. The van der Waals surface area contributed by atoms with E-state index < -0.39 is 24.7 Å². The van der Waals surface area contributed by atoms with Crippen molar-refractivity contribution in [2.24, 2.45) is 0 Å². The van der Waals surface area contributed by atoms with E-state index in [-0.39, 0.29) is 6.42 Å². The van der Waals surface area contributed by atoms with Gasteiger partial charge in [0.15, 0.2) is 0 Å². The number of halogens is 5. The van der Waals surface area contributed by atoms with Gasteiger partial charge in [0.25, 0.3) is 0 Å². The number of alkyl halides is 5. The summed E-state index contributed by atoms with van der Waals surface area (Å²) in [6.07, 6.45) is -4.34. The first kappa shape index (κ1) is 15.3. The Kier molecular flexibility index (Phi) is 3.89. The molecule has 1 aromatic heterocycles. The third-order valence-corrected chi connectivity index (χ3v) is 2.89. The number of carbonyl (C=O) groups excluding carboxylic acids is 1. The minimum Gasteiger partial charge on any atom is -0.461 e. The van der Waals surface area contributed by atoms with Crippen LogP contribution in [0.25, 0.3) is 10.9 Å². The fraction of sp³-hybridized carbons (Fsp3) is 0.308. The Morgan fingerprint density at radius 2 is 1.81 bits per heavy atom. The Bertz CT molecular complexity index is 647. The lowest BCUT2D eigenvalue weighted by atomic mass is 10.1. The molecule has 2 aromatic rings. The van der Waals surface area contributed by atoms with E-state index in [0.29, 0.717) is 5.56 Å². The van der Waals surface area contributed by atoms with Gasteiger partial charge in [-0.05, 0) is 11.6 Å². The predicted molar refractivity (Wildman–Crippen MR) is 64.0 cm³/mol. The van der Waals surface area contributed by atoms with Crippen molar-refractivity contribution in [1.82, 2.24) is 4.98 Å². The van der Waals surface area contributed by atoms with Crippen molar-refractivity contribution >= 4 is 16.9 Å². The molecule has 3 nitrogen and oxygen atoms in total. The van der Waals surface area contributed by atoms with E-state index in [2.05, 4.69) is 9.72 Å². The van der Waals surface area contributed by atoms with Crippen LogP contribution in [0.4, 0.5) is 22.0 Å². The molecule has 8 heteroatoms. The highest BCUT2D eigenvalue weighted by molar-refractivity contribution is 5.83. The summed E-state index contributed by atoms with van der Waals surface area (Å²) in [7, 11) is 0. The summed E-state index contributed by atoms with van der Waals surface area (Å²) in [5.41, 5.74) is 1.45. The van der Waals surface area contributed by atoms with Gasteiger partial charge in [-0.25, -0.2) is 4.79 Å². The number of hydrogen-bond acceptors (Lipinski definition) is 2. The zero-order valence-corrected chi connectivity index (χ0v) is 10.5. The van der Waals surface area contributed by atoms with Crippen LogP contribution in [0.5, 0.6) is 0 Å². The van der Waals surface area contributed by atoms with Gasteiger partial charge in [0.1, 0.15) is 0 Å². The monoisotopic (exact) mass is 307 g/mol. The molecule has 114 valence electrons. The second kappa shape index (κ2) is 5.34. The Labute approximate surface area is 115 Å². The summed E-state index contributed by atoms with van der Waals surface area (Å²) in [4.78, 5) is 13.7. The number of H-pyrrole nitrogens is 1. The average molecular weight is 307 g/mol. The van der Waals surface area contributed by atoms with Crippen LogP contribution in [0.3, 0.4) is 0 Å². The van der Waals surface area contributed by atoms with Gasteiger partial charge in [-0.15, -0.1) is 0 Å². The van der Waals surface area contributed by atoms with Crippen LogP contribution in [0, 0.1) is 0 Å². The molecule has 1 heterocycles. The normalized spacial score (nSPS) is 12.6. The molecule has 0 saturated heterocycles.